The van der Waals surface area contributed by atoms with Gasteiger partial charge in [-0.1, -0.05) is 54.6 Å². The Kier molecular flexibility index (Phi) is 3.83. The summed E-state index contributed by atoms with van der Waals surface area (Å²) < 4.78 is 1.77. The highest BCUT2D eigenvalue weighted by atomic mass is 16.1. The average molecular weight is 291 g/mol. The van der Waals surface area contributed by atoms with Gasteiger partial charge < -0.3 is 0 Å². The first-order chi connectivity index (χ1) is 10.8. The van der Waals surface area contributed by atoms with Crippen molar-refractivity contribution in [2.75, 3.05) is 0 Å². The predicted molar refractivity (Wildman–Crippen MR) is 86.3 cm³/mol. The van der Waals surface area contributed by atoms with Gasteiger partial charge in [-0.2, -0.15) is 0 Å². The summed E-state index contributed by atoms with van der Waals surface area (Å²) in [6, 6.07) is 16.0. The molecule has 3 rings (SSSR count). The van der Waals surface area contributed by atoms with Crippen LogP contribution in [0.2, 0.25) is 0 Å². The van der Waals surface area contributed by atoms with E-state index in [0.717, 1.165) is 35.2 Å². The molecule has 2 aromatic carbocycles. The van der Waals surface area contributed by atoms with Gasteiger partial charge in [0.2, 0.25) is 0 Å². The molecule has 0 aliphatic heterocycles. The van der Waals surface area contributed by atoms with Crippen molar-refractivity contribution in [2.45, 2.75) is 20.3 Å². The first kappa shape index (κ1) is 14.2. The van der Waals surface area contributed by atoms with Crippen molar-refractivity contribution in [2.24, 2.45) is 0 Å². The van der Waals surface area contributed by atoms with E-state index in [9.17, 15) is 4.79 Å². The molecular weight excluding hydrogens is 274 g/mol. The second kappa shape index (κ2) is 5.93. The van der Waals surface area contributed by atoms with E-state index in [1.54, 1.807) is 4.68 Å². The van der Waals surface area contributed by atoms with Crippen LogP contribution in [0.4, 0.5) is 0 Å². The molecule has 0 saturated heterocycles. The Labute approximate surface area is 129 Å². The minimum Gasteiger partial charge on any atom is -0.296 e. The first-order valence-corrected chi connectivity index (χ1v) is 7.31. The summed E-state index contributed by atoms with van der Waals surface area (Å²) >= 11 is 0. The third-order valence-electron chi connectivity index (χ3n) is 3.81. The highest BCUT2D eigenvalue weighted by molar-refractivity contribution is 5.85. The van der Waals surface area contributed by atoms with Crippen molar-refractivity contribution >= 4 is 6.29 Å². The smallest absolute Gasteiger partial charge is 0.172 e. The number of aryl methyl sites for hydroxylation is 2. The Hall–Kier alpha value is -2.75. The van der Waals surface area contributed by atoms with E-state index in [2.05, 4.69) is 23.3 Å². The molecule has 0 saturated carbocycles. The quantitative estimate of drug-likeness (QED) is 0.690. The number of carbonyl (C=O) groups excluding carboxylic acids is 1. The van der Waals surface area contributed by atoms with Crippen molar-refractivity contribution < 1.29 is 4.79 Å². The lowest BCUT2D eigenvalue weighted by Gasteiger charge is -2.12. The van der Waals surface area contributed by atoms with Crippen LogP contribution in [0, 0.1) is 6.92 Å². The molecule has 4 heteroatoms. The Morgan fingerprint density at radius 2 is 1.82 bits per heavy atom. The van der Waals surface area contributed by atoms with E-state index in [-0.39, 0.29) is 0 Å². The number of rotatable bonds is 4. The van der Waals surface area contributed by atoms with Crippen molar-refractivity contribution in [3.63, 3.8) is 0 Å². The molecule has 1 heterocycles. The SMILES string of the molecule is CCc1ccccc1-n1nnc(C=O)c1-c1ccccc1C. The lowest BCUT2D eigenvalue weighted by Crippen LogP contribution is -2.04. The van der Waals surface area contributed by atoms with Crippen LogP contribution in [0.1, 0.15) is 28.5 Å². The summed E-state index contributed by atoms with van der Waals surface area (Å²) in [5, 5.41) is 8.27. The molecule has 0 fully saturated rings. The molecule has 0 bridgehead atoms. The molecular formula is C18H17N3O. The standard InChI is InChI=1S/C18H17N3O/c1-3-14-9-5-7-11-17(14)21-18(16(12-22)19-20-21)15-10-6-4-8-13(15)2/h4-12H,3H2,1-2H3. The second-order valence-corrected chi connectivity index (χ2v) is 5.15. The van der Waals surface area contributed by atoms with Crippen LogP contribution >= 0.6 is 0 Å². The van der Waals surface area contributed by atoms with Crippen LogP contribution in [0.3, 0.4) is 0 Å². The molecule has 3 aromatic rings. The summed E-state index contributed by atoms with van der Waals surface area (Å²) in [6.07, 6.45) is 1.65. The lowest BCUT2D eigenvalue weighted by atomic mass is 10.0. The van der Waals surface area contributed by atoms with E-state index >= 15 is 0 Å². The molecule has 0 spiro atoms. The highest BCUT2D eigenvalue weighted by Crippen LogP contribution is 2.28. The molecule has 0 radical (unpaired) electrons. The van der Waals surface area contributed by atoms with E-state index < -0.39 is 0 Å². The predicted octanol–water partition coefficient (Wildman–Crippen LogP) is 3.62. The van der Waals surface area contributed by atoms with Crippen LogP contribution in [-0.2, 0) is 6.42 Å². The van der Waals surface area contributed by atoms with Gasteiger partial charge in [0.05, 0.1) is 5.69 Å². The van der Waals surface area contributed by atoms with E-state index in [1.165, 1.54) is 5.56 Å². The topological polar surface area (TPSA) is 47.8 Å². The van der Waals surface area contributed by atoms with Crippen LogP contribution in [0.25, 0.3) is 16.9 Å². The molecule has 0 atom stereocenters. The minimum absolute atomic E-state index is 0.361. The lowest BCUT2D eigenvalue weighted by molar-refractivity contribution is 0.111. The number of nitrogens with zero attached hydrogens (tertiary/aromatic N) is 3. The van der Waals surface area contributed by atoms with Crippen molar-refractivity contribution in [3.05, 3.63) is 65.4 Å². The molecule has 0 aliphatic rings. The van der Waals surface area contributed by atoms with Gasteiger partial charge in [-0.05, 0) is 30.5 Å². The van der Waals surface area contributed by atoms with Gasteiger partial charge in [0.15, 0.2) is 12.0 Å². The number of hydrogen-bond donors (Lipinski definition) is 0. The third-order valence-corrected chi connectivity index (χ3v) is 3.81. The number of aldehydes is 1. The monoisotopic (exact) mass is 291 g/mol. The molecule has 0 amide bonds. The number of carbonyl (C=O) groups is 1. The van der Waals surface area contributed by atoms with Gasteiger partial charge in [-0.3, -0.25) is 4.79 Å². The van der Waals surface area contributed by atoms with Crippen LogP contribution in [-0.4, -0.2) is 21.3 Å². The maximum absolute atomic E-state index is 11.4. The Morgan fingerprint density at radius 3 is 2.55 bits per heavy atom. The number of aromatic nitrogens is 3. The third kappa shape index (κ3) is 2.33. The Bertz CT molecular complexity index is 821. The van der Waals surface area contributed by atoms with Crippen molar-refractivity contribution in [1.82, 2.24) is 15.0 Å². The van der Waals surface area contributed by atoms with E-state index in [0.29, 0.717) is 5.69 Å². The molecule has 110 valence electrons. The van der Waals surface area contributed by atoms with Gasteiger partial charge >= 0.3 is 0 Å². The summed E-state index contributed by atoms with van der Waals surface area (Å²) in [7, 11) is 0. The fraction of sp³-hybridized carbons (Fsp3) is 0.167. The molecule has 0 N–H and O–H groups in total. The zero-order valence-electron chi connectivity index (χ0n) is 12.7. The van der Waals surface area contributed by atoms with Gasteiger partial charge in [0, 0.05) is 5.56 Å². The zero-order valence-corrected chi connectivity index (χ0v) is 12.7. The summed E-state index contributed by atoms with van der Waals surface area (Å²) in [4.78, 5) is 11.4. The number of hydrogen-bond acceptors (Lipinski definition) is 3. The largest absolute Gasteiger partial charge is 0.296 e. The Morgan fingerprint density at radius 1 is 1.09 bits per heavy atom. The molecule has 0 aliphatic carbocycles. The van der Waals surface area contributed by atoms with Crippen molar-refractivity contribution in [1.29, 1.82) is 0 Å². The molecule has 1 aromatic heterocycles. The maximum atomic E-state index is 11.4. The summed E-state index contributed by atoms with van der Waals surface area (Å²) in [5.74, 6) is 0. The zero-order chi connectivity index (χ0) is 15.5. The molecule has 22 heavy (non-hydrogen) atoms. The number of benzene rings is 2. The minimum atomic E-state index is 0.361. The average Bonchev–Trinajstić information content (AvgIpc) is 2.98. The van der Waals surface area contributed by atoms with Gasteiger partial charge in [0.25, 0.3) is 0 Å². The number of para-hydroxylation sites is 1. The fourth-order valence-electron chi connectivity index (χ4n) is 2.65. The van der Waals surface area contributed by atoms with Crippen LogP contribution in [0.5, 0.6) is 0 Å². The summed E-state index contributed by atoms with van der Waals surface area (Å²) in [6.45, 7) is 4.12. The van der Waals surface area contributed by atoms with E-state index in [4.69, 9.17) is 0 Å². The normalized spacial score (nSPS) is 10.6. The summed E-state index contributed by atoms with van der Waals surface area (Å²) in [5.41, 5.74) is 5.29. The molecule has 0 unspecified atom stereocenters. The van der Waals surface area contributed by atoms with Gasteiger partial charge in [-0.15, -0.1) is 5.10 Å². The maximum Gasteiger partial charge on any atom is 0.172 e. The molecule has 4 nitrogen and oxygen atoms in total. The van der Waals surface area contributed by atoms with Crippen molar-refractivity contribution in [3.8, 4) is 16.9 Å². The highest BCUT2D eigenvalue weighted by Gasteiger charge is 2.18. The van der Waals surface area contributed by atoms with Gasteiger partial charge in [0.1, 0.15) is 5.69 Å². The van der Waals surface area contributed by atoms with E-state index in [1.807, 2.05) is 49.4 Å². The van der Waals surface area contributed by atoms with Crippen LogP contribution < -0.4 is 0 Å². The first-order valence-electron chi connectivity index (χ1n) is 7.31. The Balaban J connectivity index is 2.29. The fourth-order valence-corrected chi connectivity index (χ4v) is 2.65. The van der Waals surface area contributed by atoms with Gasteiger partial charge in [-0.25, -0.2) is 4.68 Å². The second-order valence-electron chi connectivity index (χ2n) is 5.15. The van der Waals surface area contributed by atoms with Crippen LogP contribution in [0.15, 0.2) is 48.5 Å².